The Morgan fingerprint density at radius 2 is 1.21 bits per heavy atom. The van der Waals surface area contributed by atoms with E-state index >= 15 is 0 Å². The number of sulfonamides is 2. The second kappa shape index (κ2) is 7.91. The van der Waals surface area contributed by atoms with Crippen LogP contribution < -0.4 is 14.2 Å². The zero-order valence-corrected chi connectivity index (χ0v) is 16.5. The van der Waals surface area contributed by atoms with Gasteiger partial charge in [-0.3, -0.25) is 9.44 Å². The molecule has 0 spiro atoms. The Morgan fingerprint density at radius 3 is 1.82 bits per heavy atom. The number of hydrogen-bond acceptors (Lipinski definition) is 5. The predicted molar refractivity (Wildman–Crippen MR) is 107 cm³/mol. The Labute approximate surface area is 164 Å². The molecular weight excluding hydrogens is 400 g/mol. The number of anilines is 2. The van der Waals surface area contributed by atoms with Crippen molar-refractivity contribution in [1.82, 2.24) is 0 Å². The number of nitrogens with one attached hydrogen (secondary N) is 2. The molecule has 3 aromatic rings. The highest BCUT2D eigenvalue weighted by atomic mass is 32.2. The first-order valence-electron chi connectivity index (χ1n) is 8.15. The van der Waals surface area contributed by atoms with Crippen molar-refractivity contribution >= 4 is 31.4 Å². The van der Waals surface area contributed by atoms with Crippen LogP contribution in [0, 0.1) is 0 Å². The summed E-state index contributed by atoms with van der Waals surface area (Å²) in [5.74, 6) is 0.519. The average molecular weight is 418 g/mol. The highest BCUT2D eigenvalue weighted by molar-refractivity contribution is 7.93. The molecule has 0 heterocycles. The molecular formula is C19H18N2O5S2. The molecule has 3 aromatic carbocycles. The fourth-order valence-corrected chi connectivity index (χ4v) is 4.55. The van der Waals surface area contributed by atoms with E-state index in [9.17, 15) is 16.8 Å². The van der Waals surface area contributed by atoms with Gasteiger partial charge in [0.05, 0.1) is 22.6 Å². The van der Waals surface area contributed by atoms with Gasteiger partial charge in [0.2, 0.25) is 0 Å². The van der Waals surface area contributed by atoms with Crippen molar-refractivity contribution in [2.45, 2.75) is 9.79 Å². The Balaban J connectivity index is 1.78. The Hall–Kier alpha value is -3.04. The summed E-state index contributed by atoms with van der Waals surface area (Å²) in [4.78, 5) is 0.115. The van der Waals surface area contributed by atoms with Crippen molar-refractivity contribution in [3.63, 3.8) is 0 Å². The molecule has 0 aromatic heterocycles. The number of hydrogen-bond donors (Lipinski definition) is 2. The minimum atomic E-state index is -3.83. The highest BCUT2D eigenvalue weighted by Crippen LogP contribution is 2.22. The van der Waals surface area contributed by atoms with E-state index in [1.807, 2.05) is 0 Å². The molecule has 3 rings (SSSR count). The zero-order chi connectivity index (χ0) is 20.2. The van der Waals surface area contributed by atoms with Crippen LogP contribution in [0.3, 0.4) is 0 Å². The second-order valence-corrected chi connectivity index (χ2v) is 9.15. The lowest BCUT2D eigenvalue weighted by atomic mass is 10.3. The van der Waals surface area contributed by atoms with Crippen molar-refractivity contribution < 1.29 is 21.6 Å². The molecule has 9 heteroatoms. The van der Waals surface area contributed by atoms with Crippen LogP contribution in [0.2, 0.25) is 0 Å². The van der Waals surface area contributed by atoms with Crippen LogP contribution in [0.15, 0.2) is 88.7 Å². The monoisotopic (exact) mass is 418 g/mol. The number of methoxy groups -OCH3 is 1. The fraction of sp³-hybridized carbons (Fsp3) is 0.0526. The van der Waals surface area contributed by atoms with Gasteiger partial charge in [0.25, 0.3) is 20.0 Å². The van der Waals surface area contributed by atoms with Crippen molar-refractivity contribution in [1.29, 1.82) is 0 Å². The van der Waals surface area contributed by atoms with E-state index in [0.717, 1.165) is 0 Å². The molecule has 0 unspecified atom stereocenters. The molecule has 0 bridgehead atoms. The normalized spacial score (nSPS) is 11.6. The van der Waals surface area contributed by atoms with E-state index < -0.39 is 20.0 Å². The van der Waals surface area contributed by atoms with E-state index in [1.165, 1.54) is 43.5 Å². The van der Waals surface area contributed by atoms with Gasteiger partial charge < -0.3 is 4.74 Å². The summed E-state index contributed by atoms with van der Waals surface area (Å²) >= 11 is 0. The van der Waals surface area contributed by atoms with Gasteiger partial charge in [-0.15, -0.1) is 0 Å². The van der Waals surface area contributed by atoms with Gasteiger partial charge in [-0.25, -0.2) is 16.8 Å². The van der Waals surface area contributed by atoms with Gasteiger partial charge >= 0.3 is 0 Å². The zero-order valence-electron chi connectivity index (χ0n) is 14.9. The maximum absolute atomic E-state index is 12.5. The summed E-state index contributed by atoms with van der Waals surface area (Å²) < 4.78 is 59.7. The molecule has 0 saturated carbocycles. The third kappa shape index (κ3) is 4.62. The lowest BCUT2D eigenvalue weighted by Crippen LogP contribution is -2.14. The molecule has 146 valence electrons. The lowest BCUT2D eigenvalue weighted by Gasteiger charge is -2.11. The summed E-state index contributed by atoms with van der Waals surface area (Å²) in [6.45, 7) is 0. The maximum atomic E-state index is 12.5. The first-order valence-corrected chi connectivity index (χ1v) is 11.1. The van der Waals surface area contributed by atoms with Gasteiger partial charge in [0.1, 0.15) is 5.75 Å². The summed E-state index contributed by atoms with van der Waals surface area (Å²) in [7, 11) is -6.09. The van der Waals surface area contributed by atoms with E-state index in [2.05, 4.69) is 9.44 Å². The topological polar surface area (TPSA) is 102 Å². The first-order chi connectivity index (χ1) is 13.3. The number of ether oxygens (including phenoxy) is 1. The van der Waals surface area contributed by atoms with Crippen LogP contribution >= 0.6 is 0 Å². The molecule has 0 atom stereocenters. The molecule has 0 amide bonds. The third-order valence-electron chi connectivity index (χ3n) is 3.79. The molecule has 0 saturated heterocycles. The smallest absolute Gasteiger partial charge is 0.261 e. The summed E-state index contributed by atoms with van der Waals surface area (Å²) in [5, 5.41) is 0. The minimum absolute atomic E-state index is 0.00187. The molecule has 0 aliphatic heterocycles. The van der Waals surface area contributed by atoms with Crippen molar-refractivity contribution in [2.75, 3.05) is 16.6 Å². The van der Waals surface area contributed by atoms with Crippen molar-refractivity contribution in [3.05, 3.63) is 78.9 Å². The van der Waals surface area contributed by atoms with Gasteiger partial charge in [0.15, 0.2) is 0 Å². The minimum Gasteiger partial charge on any atom is -0.497 e. The fourth-order valence-electron chi connectivity index (χ4n) is 2.42. The van der Waals surface area contributed by atoms with Crippen LogP contribution in [0.5, 0.6) is 5.75 Å². The van der Waals surface area contributed by atoms with Crippen LogP contribution in [0.25, 0.3) is 0 Å². The summed E-state index contributed by atoms with van der Waals surface area (Å²) in [5.41, 5.74) is 0.609. The largest absolute Gasteiger partial charge is 0.497 e. The third-order valence-corrected chi connectivity index (χ3v) is 6.59. The van der Waals surface area contributed by atoms with Crippen molar-refractivity contribution in [2.24, 2.45) is 0 Å². The average Bonchev–Trinajstić information content (AvgIpc) is 2.68. The molecule has 7 nitrogen and oxygen atoms in total. The lowest BCUT2D eigenvalue weighted by molar-refractivity contribution is 0.415. The first kappa shape index (κ1) is 19.7. The van der Waals surface area contributed by atoms with Crippen molar-refractivity contribution in [3.8, 4) is 5.75 Å². The highest BCUT2D eigenvalue weighted by Gasteiger charge is 2.17. The van der Waals surface area contributed by atoms with Gasteiger partial charge in [0, 0.05) is 11.8 Å². The van der Waals surface area contributed by atoms with Crippen LogP contribution in [0.4, 0.5) is 11.4 Å². The van der Waals surface area contributed by atoms with Gasteiger partial charge in [-0.1, -0.05) is 24.3 Å². The number of benzene rings is 3. The molecule has 0 aliphatic rings. The molecule has 0 fully saturated rings. The van der Waals surface area contributed by atoms with Gasteiger partial charge in [-0.05, 0) is 48.5 Å². The van der Waals surface area contributed by atoms with E-state index in [0.29, 0.717) is 11.4 Å². The maximum Gasteiger partial charge on any atom is 0.261 e. The SMILES string of the molecule is COc1cccc(NS(=O)(=O)c2ccc(NS(=O)(=O)c3ccccc3)cc2)c1. The second-order valence-electron chi connectivity index (χ2n) is 5.78. The summed E-state index contributed by atoms with van der Waals surface area (Å²) in [6.07, 6.45) is 0. The number of rotatable bonds is 7. The van der Waals surface area contributed by atoms with E-state index in [-0.39, 0.29) is 15.5 Å². The van der Waals surface area contributed by atoms with Crippen LogP contribution in [0.1, 0.15) is 0 Å². The van der Waals surface area contributed by atoms with Gasteiger partial charge in [-0.2, -0.15) is 0 Å². The Morgan fingerprint density at radius 1 is 0.643 bits per heavy atom. The quantitative estimate of drug-likeness (QED) is 0.613. The molecule has 28 heavy (non-hydrogen) atoms. The molecule has 0 aliphatic carbocycles. The predicted octanol–water partition coefficient (Wildman–Crippen LogP) is 3.30. The van der Waals surface area contributed by atoms with E-state index in [4.69, 9.17) is 4.74 Å². The van der Waals surface area contributed by atoms with E-state index in [1.54, 1.807) is 42.5 Å². The molecule has 0 radical (unpaired) electrons. The molecule has 2 N–H and O–H groups in total. The Kier molecular flexibility index (Phi) is 5.57. The standard InChI is InChI=1S/C19H18N2O5S2/c1-26-17-7-5-6-16(14-17)21-28(24,25)19-12-10-15(11-13-19)20-27(22,23)18-8-3-2-4-9-18/h2-14,20-21H,1H3. The summed E-state index contributed by atoms with van der Waals surface area (Å²) in [6, 6.07) is 19.8. The van der Waals surface area contributed by atoms with Crippen LogP contribution in [-0.4, -0.2) is 23.9 Å². The Bertz CT molecular complexity index is 1160. The van der Waals surface area contributed by atoms with Crippen LogP contribution in [-0.2, 0) is 20.0 Å².